The number of phenols is 5. The molecule has 0 saturated carbocycles. The van der Waals surface area contributed by atoms with Gasteiger partial charge in [0.1, 0.15) is 77.4 Å². The van der Waals surface area contributed by atoms with E-state index in [9.17, 15) is 81.1 Å². The van der Waals surface area contributed by atoms with E-state index in [0.29, 0.717) is 0 Å². The molecule has 0 bridgehead atoms. The number of hydrogen-bond acceptors (Lipinski definition) is 24. The molecule has 65 heavy (non-hydrogen) atoms. The van der Waals surface area contributed by atoms with E-state index < -0.39 is 168 Å². The molecule has 0 aliphatic carbocycles. The van der Waals surface area contributed by atoms with Crippen LogP contribution in [0.5, 0.6) is 40.2 Å². The van der Waals surface area contributed by atoms with E-state index in [2.05, 4.69) is 0 Å². The summed E-state index contributed by atoms with van der Waals surface area (Å²) in [4.78, 5) is 27.4. The summed E-state index contributed by atoms with van der Waals surface area (Å²) in [5.41, 5.74) is -1.61. The zero-order chi connectivity index (χ0) is 47.0. The van der Waals surface area contributed by atoms with E-state index >= 15 is 0 Å². The fraction of sp³-hybridized carbons (Fsp3) is 0.415. The minimum Gasteiger partial charge on any atom is -0.507 e. The zero-order valence-corrected chi connectivity index (χ0v) is 33.3. The van der Waals surface area contributed by atoms with Crippen LogP contribution in [-0.2, 0) is 28.5 Å². The van der Waals surface area contributed by atoms with Gasteiger partial charge in [-0.1, -0.05) is 6.07 Å². The number of fused-ring (bicyclic) bond motifs is 1. The molecule has 352 valence electrons. The predicted octanol–water partition coefficient (Wildman–Crippen LogP) is -2.93. The van der Waals surface area contributed by atoms with Crippen molar-refractivity contribution < 1.29 is 114 Å². The molecular formula is C41H44O24. The summed E-state index contributed by atoms with van der Waals surface area (Å²) in [7, 11) is 0. The van der Waals surface area contributed by atoms with Crippen molar-refractivity contribution in [2.45, 2.75) is 86.0 Å². The van der Waals surface area contributed by atoms with Gasteiger partial charge in [-0.2, -0.15) is 0 Å². The molecule has 24 heteroatoms. The summed E-state index contributed by atoms with van der Waals surface area (Å²) in [6, 6.07) is 8.61. The fourth-order valence-electron chi connectivity index (χ4n) is 7.14. The third-order valence-electron chi connectivity index (χ3n) is 10.7. The molecule has 3 saturated heterocycles. The molecule has 24 nitrogen and oxygen atoms in total. The Kier molecular flexibility index (Phi) is 14.0. The van der Waals surface area contributed by atoms with Crippen molar-refractivity contribution in [3.63, 3.8) is 0 Å². The van der Waals surface area contributed by atoms with E-state index in [1.54, 1.807) is 0 Å². The Morgan fingerprint density at radius 2 is 1.31 bits per heavy atom. The highest BCUT2D eigenvalue weighted by molar-refractivity contribution is 5.89. The number of aliphatic hydroxyl groups is 9. The molecule has 1 aromatic heterocycles. The number of rotatable bonds is 12. The second-order valence-corrected chi connectivity index (χ2v) is 15.1. The van der Waals surface area contributed by atoms with E-state index in [1.807, 2.05) is 0 Å². The maximum atomic E-state index is 14.4. The van der Waals surface area contributed by atoms with Crippen molar-refractivity contribution in [2.75, 3.05) is 19.8 Å². The van der Waals surface area contributed by atoms with Crippen LogP contribution in [0.2, 0.25) is 0 Å². The topological polar surface area (TPSA) is 395 Å². The van der Waals surface area contributed by atoms with Crippen LogP contribution in [-0.4, -0.2) is 183 Å². The Balaban J connectivity index is 1.24. The van der Waals surface area contributed by atoms with Crippen molar-refractivity contribution in [3.8, 4) is 51.6 Å². The number of phenolic OH excluding ortho intramolecular Hbond substituents is 5. The molecule has 6 unspecified atom stereocenters. The van der Waals surface area contributed by atoms with Gasteiger partial charge in [0.05, 0.1) is 19.8 Å². The third kappa shape index (κ3) is 9.61. The smallest absolute Gasteiger partial charge is 0.331 e. The Labute approximate surface area is 364 Å². The van der Waals surface area contributed by atoms with E-state index in [-0.39, 0.29) is 16.9 Å². The van der Waals surface area contributed by atoms with Gasteiger partial charge in [0.2, 0.25) is 23.8 Å². The van der Waals surface area contributed by atoms with E-state index in [4.69, 9.17) is 37.6 Å². The molecule has 4 aromatic rings. The molecule has 0 spiro atoms. The van der Waals surface area contributed by atoms with E-state index in [0.717, 1.165) is 48.5 Å². The summed E-state index contributed by atoms with van der Waals surface area (Å²) < 4.78 is 45.6. The maximum absolute atomic E-state index is 14.4. The number of esters is 1. The van der Waals surface area contributed by atoms with Crippen LogP contribution >= 0.6 is 0 Å². The predicted molar refractivity (Wildman–Crippen MR) is 211 cm³/mol. The van der Waals surface area contributed by atoms with Gasteiger partial charge in [0.25, 0.3) is 0 Å². The lowest BCUT2D eigenvalue weighted by Gasteiger charge is -2.45. The number of benzene rings is 3. The largest absolute Gasteiger partial charge is 0.507 e. The first-order valence-corrected chi connectivity index (χ1v) is 19.6. The highest BCUT2D eigenvalue weighted by Crippen LogP contribution is 2.41. The van der Waals surface area contributed by atoms with Crippen LogP contribution in [0.1, 0.15) is 5.56 Å². The average molecular weight is 921 g/mol. The van der Waals surface area contributed by atoms with Crippen LogP contribution in [0.15, 0.2) is 63.8 Å². The summed E-state index contributed by atoms with van der Waals surface area (Å²) in [5, 5.41) is 145. The summed E-state index contributed by atoms with van der Waals surface area (Å²) in [6.07, 6.45) is -23.7. The lowest BCUT2D eigenvalue weighted by molar-refractivity contribution is -0.345. The molecule has 14 N–H and O–H groups in total. The Morgan fingerprint density at radius 3 is 1.97 bits per heavy atom. The first-order chi connectivity index (χ1) is 30.9. The van der Waals surface area contributed by atoms with Crippen molar-refractivity contribution in [2.24, 2.45) is 0 Å². The van der Waals surface area contributed by atoms with E-state index in [1.165, 1.54) is 12.1 Å². The van der Waals surface area contributed by atoms with Gasteiger partial charge in [0, 0.05) is 23.8 Å². The van der Waals surface area contributed by atoms with Crippen LogP contribution in [0.3, 0.4) is 0 Å². The van der Waals surface area contributed by atoms with Gasteiger partial charge in [0.15, 0.2) is 47.3 Å². The molecular weight excluding hydrogens is 876 g/mol. The van der Waals surface area contributed by atoms with Gasteiger partial charge >= 0.3 is 5.97 Å². The van der Waals surface area contributed by atoms with Gasteiger partial charge in [-0.3, -0.25) is 4.79 Å². The monoisotopic (exact) mass is 920 g/mol. The van der Waals surface area contributed by atoms with Crippen LogP contribution in [0, 0.1) is 0 Å². The first-order valence-electron chi connectivity index (χ1n) is 19.6. The summed E-state index contributed by atoms with van der Waals surface area (Å²) in [5.74, 6) is -6.04. The summed E-state index contributed by atoms with van der Waals surface area (Å²) >= 11 is 0. The number of carbonyl (C=O) groups excluding carboxylic acids is 1. The number of aromatic hydroxyl groups is 5. The first kappa shape index (κ1) is 47.1. The number of ether oxygens (including phenoxy) is 7. The number of aliphatic hydroxyl groups excluding tert-OH is 9. The SMILES string of the molecule is O=C(/C=C/c1ccc(O)c(O)c1)OC1C(O)[C@H](O)CO[C@H]1OC1[C@H](Oc2c(-c3ccc(O)c(O)c3)oc3cc(O[C@@H]4O[C@@H](CO)[C@@H](O)C(O)C4O)cc(O)c3c2=O)OC(CO)[C@@H](O)[C@@H]1O. The normalized spacial score (nSPS) is 31.8. The molecule has 0 amide bonds. The minimum absolute atomic E-state index is 0.183. The number of hydrogen-bond donors (Lipinski definition) is 14. The highest BCUT2D eigenvalue weighted by Gasteiger charge is 2.52. The average Bonchev–Trinajstić information content (AvgIpc) is 3.27. The van der Waals surface area contributed by atoms with Crippen molar-refractivity contribution in [1.82, 2.24) is 0 Å². The minimum atomic E-state index is -2.10. The second-order valence-electron chi connectivity index (χ2n) is 15.1. The Hall–Kier alpha value is -5.84. The zero-order valence-electron chi connectivity index (χ0n) is 33.3. The lowest BCUT2D eigenvalue weighted by Crippen LogP contribution is -2.64. The van der Waals surface area contributed by atoms with Gasteiger partial charge in [-0.25, -0.2) is 4.79 Å². The third-order valence-corrected chi connectivity index (χ3v) is 10.7. The second kappa shape index (κ2) is 19.3. The molecule has 7 rings (SSSR count). The maximum Gasteiger partial charge on any atom is 0.331 e. The fourth-order valence-corrected chi connectivity index (χ4v) is 7.14. The van der Waals surface area contributed by atoms with Crippen LogP contribution < -0.4 is 14.9 Å². The quantitative estimate of drug-likeness (QED) is 0.0384. The highest BCUT2D eigenvalue weighted by atomic mass is 16.8. The molecule has 3 aliphatic heterocycles. The van der Waals surface area contributed by atoms with Gasteiger partial charge < -0.3 is 109 Å². The molecule has 3 aliphatic rings. The Morgan fingerprint density at radius 1 is 0.662 bits per heavy atom. The Bertz CT molecular complexity index is 2440. The van der Waals surface area contributed by atoms with Gasteiger partial charge in [-0.15, -0.1) is 0 Å². The molecule has 4 heterocycles. The van der Waals surface area contributed by atoms with Crippen LogP contribution in [0.4, 0.5) is 0 Å². The molecule has 3 aromatic carbocycles. The van der Waals surface area contributed by atoms with Crippen LogP contribution in [0.25, 0.3) is 28.4 Å². The standard InChI is InChI=1S/C41H44O24/c42-11-24-29(52)32(55)34(57)39(61-24)59-16-9-21(48)27-23(10-16)60-35(15-3-5-18(45)20(47)8-15)36(31(27)54)64-41-38(33(56)30(53)25(12-43)62-41)65-40-37(28(51)22(49)13-58-40)63-26(50)6-2-14-1-4-17(44)19(46)7-14/h1-10,22,24-25,28-30,32-34,37-49,51-53,55-57H,11-13H2/b6-2+/t22-,24+,25?,28?,29-,30-,32?,33+,34?,37?,38?,39-,40+,41+/m1/s1. The lowest BCUT2D eigenvalue weighted by atomic mass is 9.98. The molecule has 0 radical (unpaired) electrons. The summed E-state index contributed by atoms with van der Waals surface area (Å²) in [6.45, 7) is -2.38. The van der Waals surface area contributed by atoms with Crippen molar-refractivity contribution in [1.29, 1.82) is 0 Å². The molecule has 14 atom stereocenters. The van der Waals surface area contributed by atoms with Gasteiger partial charge in [-0.05, 0) is 42.0 Å². The van der Waals surface area contributed by atoms with Crippen molar-refractivity contribution >= 4 is 23.0 Å². The molecule has 3 fully saturated rings. The van der Waals surface area contributed by atoms with Crippen molar-refractivity contribution in [3.05, 3.63) is 70.4 Å². The number of carbonyl (C=O) groups is 1.